The molecule has 3 rings (SSSR count). The first kappa shape index (κ1) is 20.4. The molecular weight excluding hydrogens is 362 g/mol. The van der Waals surface area contributed by atoms with E-state index in [0.29, 0.717) is 37.7 Å². The van der Waals surface area contributed by atoms with Crippen LogP contribution in [0.4, 0.5) is 0 Å². The van der Waals surface area contributed by atoms with Gasteiger partial charge in [0.15, 0.2) is 0 Å². The number of carbonyl (C=O) groups is 1. The number of amides is 1. The van der Waals surface area contributed by atoms with E-state index >= 15 is 0 Å². The zero-order chi connectivity index (χ0) is 20.3. The maximum atomic E-state index is 12.5. The number of hydrogen-bond donors (Lipinski definition) is 1. The smallest absolute Gasteiger partial charge is 0.251 e. The predicted octanol–water partition coefficient (Wildman–Crippen LogP) is 4.90. The Labute approximate surface area is 171 Å². The molecule has 4 heteroatoms. The van der Waals surface area contributed by atoms with E-state index in [1.165, 1.54) is 0 Å². The van der Waals surface area contributed by atoms with Crippen molar-refractivity contribution in [2.45, 2.75) is 19.8 Å². The lowest BCUT2D eigenvalue weighted by atomic mass is 10.1. The Bertz CT molecular complexity index is 920. The van der Waals surface area contributed by atoms with E-state index in [1.54, 1.807) is 30.3 Å². The molecule has 3 aromatic rings. The van der Waals surface area contributed by atoms with Crippen LogP contribution in [0.15, 0.2) is 91.5 Å². The van der Waals surface area contributed by atoms with Crippen molar-refractivity contribution in [2.75, 3.05) is 6.61 Å². The molecule has 3 aromatic carbocycles. The maximum absolute atomic E-state index is 12.5. The molecule has 1 N–H and O–H groups in total. The Hall–Kier alpha value is -3.37. The molecule has 0 unspecified atom stereocenters. The summed E-state index contributed by atoms with van der Waals surface area (Å²) in [4.78, 5) is 12.5. The maximum Gasteiger partial charge on any atom is 0.251 e. The van der Waals surface area contributed by atoms with Gasteiger partial charge in [0, 0.05) is 12.1 Å². The standard InChI is InChI=1S/C25H25NO3/c1-2-16-29-24-14-12-21(13-15-24)25(27)26-17-22-10-6-7-11-23(22)19-28-18-20-8-4-3-5-9-20/h2-15H,1,16-19H2,(H,26,27). The topological polar surface area (TPSA) is 47.6 Å². The van der Waals surface area contributed by atoms with Gasteiger partial charge in [-0.25, -0.2) is 0 Å². The summed E-state index contributed by atoms with van der Waals surface area (Å²) in [5, 5.41) is 2.97. The number of nitrogens with one attached hydrogen (secondary N) is 1. The van der Waals surface area contributed by atoms with E-state index in [0.717, 1.165) is 16.7 Å². The van der Waals surface area contributed by atoms with Gasteiger partial charge in [0.1, 0.15) is 12.4 Å². The summed E-state index contributed by atoms with van der Waals surface area (Å²) in [6, 6.07) is 25.1. The van der Waals surface area contributed by atoms with Gasteiger partial charge >= 0.3 is 0 Å². The zero-order valence-corrected chi connectivity index (χ0v) is 16.3. The fraction of sp³-hybridized carbons (Fsp3) is 0.160. The van der Waals surface area contributed by atoms with E-state index in [-0.39, 0.29) is 5.91 Å². The van der Waals surface area contributed by atoms with Crippen molar-refractivity contribution < 1.29 is 14.3 Å². The highest BCUT2D eigenvalue weighted by molar-refractivity contribution is 5.94. The van der Waals surface area contributed by atoms with Gasteiger partial charge in [0.25, 0.3) is 5.91 Å². The van der Waals surface area contributed by atoms with Crippen molar-refractivity contribution in [2.24, 2.45) is 0 Å². The third-order valence-corrected chi connectivity index (χ3v) is 4.41. The summed E-state index contributed by atoms with van der Waals surface area (Å²) in [5.41, 5.74) is 3.84. The quantitative estimate of drug-likeness (QED) is 0.504. The summed E-state index contributed by atoms with van der Waals surface area (Å²) in [6.45, 7) is 5.55. The van der Waals surface area contributed by atoms with Gasteiger partial charge in [-0.15, -0.1) is 0 Å². The molecule has 0 aromatic heterocycles. The van der Waals surface area contributed by atoms with Crippen molar-refractivity contribution in [3.8, 4) is 5.75 Å². The van der Waals surface area contributed by atoms with Crippen molar-refractivity contribution >= 4 is 5.91 Å². The molecule has 0 radical (unpaired) electrons. The lowest BCUT2D eigenvalue weighted by Crippen LogP contribution is -2.23. The van der Waals surface area contributed by atoms with Gasteiger partial charge in [0.2, 0.25) is 0 Å². The molecule has 0 saturated carbocycles. The van der Waals surface area contributed by atoms with Crippen LogP contribution in [0.2, 0.25) is 0 Å². The van der Waals surface area contributed by atoms with E-state index in [1.807, 2.05) is 54.6 Å². The zero-order valence-electron chi connectivity index (χ0n) is 16.3. The number of hydrogen-bond acceptors (Lipinski definition) is 3. The largest absolute Gasteiger partial charge is 0.490 e. The van der Waals surface area contributed by atoms with Crippen molar-refractivity contribution in [1.29, 1.82) is 0 Å². The minimum absolute atomic E-state index is 0.125. The highest BCUT2D eigenvalue weighted by Crippen LogP contribution is 2.14. The van der Waals surface area contributed by atoms with E-state index in [4.69, 9.17) is 9.47 Å². The average molecular weight is 387 g/mol. The highest BCUT2D eigenvalue weighted by Gasteiger charge is 2.08. The summed E-state index contributed by atoms with van der Waals surface area (Å²) >= 11 is 0. The summed E-state index contributed by atoms with van der Waals surface area (Å²) in [5.74, 6) is 0.586. The van der Waals surface area contributed by atoms with Gasteiger partial charge in [-0.05, 0) is 41.0 Å². The number of benzene rings is 3. The molecule has 0 fully saturated rings. The minimum atomic E-state index is -0.125. The van der Waals surface area contributed by atoms with Crippen LogP contribution in [-0.2, 0) is 24.5 Å². The van der Waals surface area contributed by atoms with Gasteiger partial charge in [0.05, 0.1) is 13.2 Å². The van der Waals surface area contributed by atoms with Gasteiger partial charge in [-0.1, -0.05) is 67.3 Å². The fourth-order valence-corrected chi connectivity index (χ4v) is 2.86. The molecule has 0 spiro atoms. The third-order valence-electron chi connectivity index (χ3n) is 4.41. The Morgan fingerprint density at radius 1 is 0.862 bits per heavy atom. The van der Waals surface area contributed by atoms with Crippen LogP contribution >= 0.6 is 0 Å². The summed E-state index contributed by atoms with van der Waals surface area (Å²) in [6.07, 6.45) is 1.68. The lowest BCUT2D eigenvalue weighted by molar-refractivity contribution is 0.0947. The number of ether oxygens (including phenoxy) is 2. The van der Waals surface area contributed by atoms with Crippen LogP contribution in [-0.4, -0.2) is 12.5 Å². The fourth-order valence-electron chi connectivity index (χ4n) is 2.86. The highest BCUT2D eigenvalue weighted by atomic mass is 16.5. The summed E-state index contributed by atoms with van der Waals surface area (Å²) < 4.78 is 11.3. The average Bonchev–Trinajstić information content (AvgIpc) is 2.78. The van der Waals surface area contributed by atoms with Crippen LogP contribution in [0.25, 0.3) is 0 Å². The second-order valence-corrected chi connectivity index (χ2v) is 6.55. The van der Waals surface area contributed by atoms with E-state index in [2.05, 4.69) is 11.9 Å². The van der Waals surface area contributed by atoms with Gasteiger partial charge in [-0.2, -0.15) is 0 Å². The SMILES string of the molecule is C=CCOc1ccc(C(=O)NCc2ccccc2COCc2ccccc2)cc1. The Morgan fingerprint density at radius 2 is 1.55 bits per heavy atom. The van der Waals surface area contributed by atoms with Crippen molar-refractivity contribution in [1.82, 2.24) is 5.32 Å². The molecule has 0 saturated heterocycles. The Morgan fingerprint density at radius 3 is 2.28 bits per heavy atom. The predicted molar refractivity (Wildman–Crippen MR) is 115 cm³/mol. The molecule has 0 aliphatic heterocycles. The molecular formula is C25H25NO3. The molecule has 4 nitrogen and oxygen atoms in total. The van der Waals surface area contributed by atoms with E-state index in [9.17, 15) is 4.79 Å². The van der Waals surface area contributed by atoms with Crippen LogP contribution < -0.4 is 10.1 Å². The molecule has 0 bridgehead atoms. The Kier molecular flexibility index (Phi) is 7.61. The monoisotopic (exact) mass is 387 g/mol. The molecule has 0 aliphatic carbocycles. The lowest BCUT2D eigenvalue weighted by Gasteiger charge is -2.12. The molecule has 0 heterocycles. The summed E-state index contributed by atoms with van der Waals surface area (Å²) in [7, 11) is 0. The van der Waals surface area contributed by atoms with Crippen LogP contribution in [0.1, 0.15) is 27.0 Å². The molecule has 1 amide bonds. The first-order valence-electron chi connectivity index (χ1n) is 9.56. The molecule has 0 atom stereocenters. The second kappa shape index (κ2) is 10.8. The normalized spacial score (nSPS) is 10.3. The first-order valence-corrected chi connectivity index (χ1v) is 9.56. The minimum Gasteiger partial charge on any atom is -0.490 e. The van der Waals surface area contributed by atoms with E-state index < -0.39 is 0 Å². The number of rotatable bonds is 10. The molecule has 29 heavy (non-hydrogen) atoms. The molecule has 0 aliphatic rings. The van der Waals surface area contributed by atoms with Crippen molar-refractivity contribution in [3.63, 3.8) is 0 Å². The molecule has 148 valence electrons. The second-order valence-electron chi connectivity index (χ2n) is 6.55. The van der Waals surface area contributed by atoms with Crippen molar-refractivity contribution in [3.05, 3.63) is 114 Å². The Balaban J connectivity index is 1.53. The number of carbonyl (C=O) groups excluding carboxylic acids is 1. The third kappa shape index (κ3) is 6.33. The van der Waals surface area contributed by atoms with Crippen LogP contribution in [0, 0.1) is 0 Å². The van der Waals surface area contributed by atoms with Gasteiger partial charge in [-0.3, -0.25) is 4.79 Å². The van der Waals surface area contributed by atoms with Crippen LogP contribution in [0.5, 0.6) is 5.75 Å². The van der Waals surface area contributed by atoms with Gasteiger partial charge < -0.3 is 14.8 Å². The van der Waals surface area contributed by atoms with Crippen LogP contribution in [0.3, 0.4) is 0 Å². The first-order chi connectivity index (χ1) is 14.3.